The minimum absolute atomic E-state index is 0.377. The van der Waals surface area contributed by atoms with Crippen molar-refractivity contribution in [1.29, 1.82) is 0 Å². The number of hydrogen-bond donors (Lipinski definition) is 2. The zero-order valence-corrected chi connectivity index (χ0v) is 19.7. The Kier molecular flexibility index (Phi) is 7.48. The molecule has 4 aromatic rings. The molecule has 4 rings (SSSR count). The minimum atomic E-state index is 0.377. The van der Waals surface area contributed by atoms with Crippen LogP contribution in [-0.4, -0.2) is 32.5 Å². The van der Waals surface area contributed by atoms with Crippen LogP contribution in [0, 0.1) is 0 Å². The van der Waals surface area contributed by atoms with Crippen LogP contribution in [0.1, 0.15) is 71.6 Å². The Labute approximate surface area is 199 Å². The van der Waals surface area contributed by atoms with Crippen LogP contribution >= 0.6 is 0 Å². The summed E-state index contributed by atoms with van der Waals surface area (Å²) in [5, 5.41) is 0. The molecule has 0 aliphatic heterocycles. The normalized spacial score (nSPS) is 11.0. The van der Waals surface area contributed by atoms with Crippen LogP contribution < -0.4 is 0 Å². The summed E-state index contributed by atoms with van der Waals surface area (Å²) in [6, 6.07) is 16.3. The van der Waals surface area contributed by atoms with Gasteiger partial charge in [-0.15, -0.1) is 0 Å². The number of H-pyrrole nitrogens is 2. The largest absolute Gasteiger partial charge is 0.333 e. The first-order valence-corrected chi connectivity index (χ1v) is 12.0. The fourth-order valence-electron chi connectivity index (χ4n) is 4.03. The van der Waals surface area contributed by atoms with Crippen molar-refractivity contribution in [2.45, 2.75) is 52.4 Å². The van der Waals surface area contributed by atoms with Gasteiger partial charge < -0.3 is 9.97 Å². The van der Waals surface area contributed by atoms with E-state index < -0.39 is 0 Å². The lowest BCUT2D eigenvalue weighted by Crippen LogP contribution is -1.88. The van der Waals surface area contributed by atoms with Gasteiger partial charge in [-0.1, -0.05) is 75.2 Å². The lowest BCUT2D eigenvalue weighted by molar-refractivity contribution is 0.111. The highest BCUT2D eigenvalue weighted by Crippen LogP contribution is 2.28. The van der Waals surface area contributed by atoms with Gasteiger partial charge in [-0.3, -0.25) is 9.59 Å². The number of aromatic nitrogens is 4. The van der Waals surface area contributed by atoms with Gasteiger partial charge in [0.25, 0.3) is 0 Å². The number of rotatable bonds is 11. The molecule has 34 heavy (non-hydrogen) atoms. The molecule has 6 nitrogen and oxygen atoms in total. The maximum atomic E-state index is 11.8. The first-order valence-electron chi connectivity index (χ1n) is 12.0. The lowest BCUT2D eigenvalue weighted by Gasteiger charge is -2.02. The quantitative estimate of drug-likeness (QED) is 0.255. The lowest BCUT2D eigenvalue weighted by atomic mass is 10.0. The van der Waals surface area contributed by atoms with Gasteiger partial charge in [0.15, 0.2) is 24.2 Å². The van der Waals surface area contributed by atoms with E-state index in [1.54, 1.807) is 0 Å². The van der Waals surface area contributed by atoms with Crippen LogP contribution in [0.3, 0.4) is 0 Å². The van der Waals surface area contributed by atoms with Crippen LogP contribution in [0.5, 0.6) is 0 Å². The van der Waals surface area contributed by atoms with Crippen molar-refractivity contribution in [1.82, 2.24) is 19.9 Å². The topological polar surface area (TPSA) is 91.5 Å². The Morgan fingerprint density at radius 2 is 1.03 bits per heavy atom. The molecular formula is C28H30N4O2. The molecule has 0 saturated carbocycles. The fourth-order valence-corrected chi connectivity index (χ4v) is 4.03. The summed E-state index contributed by atoms with van der Waals surface area (Å²) in [5.41, 5.74) is 6.13. The fraction of sp³-hybridized carbons (Fsp3) is 0.286. The van der Waals surface area contributed by atoms with Crippen LogP contribution in [0.4, 0.5) is 0 Å². The molecule has 2 heterocycles. The third kappa shape index (κ3) is 5.06. The Hall–Kier alpha value is -3.80. The molecule has 0 fully saturated rings. The van der Waals surface area contributed by atoms with Crippen molar-refractivity contribution < 1.29 is 9.59 Å². The van der Waals surface area contributed by atoms with Gasteiger partial charge in [0.05, 0.1) is 11.4 Å². The van der Waals surface area contributed by atoms with Gasteiger partial charge in [0.2, 0.25) is 0 Å². The number of carbonyl (C=O) groups excluding carboxylic acids is 2. The SMILES string of the molecule is CCCCc1ccc(-c2nc(-c3nc(-c4ccc(CCCC)cc4)c(C=O)[nH]3)[nH]c2C=O)cc1. The molecular weight excluding hydrogens is 424 g/mol. The number of aldehydes is 2. The summed E-state index contributed by atoms with van der Waals surface area (Å²) in [5.74, 6) is 0.835. The highest BCUT2D eigenvalue weighted by Gasteiger charge is 2.18. The van der Waals surface area contributed by atoms with Gasteiger partial charge in [-0.05, 0) is 36.8 Å². The third-order valence-corrected chi connectivity index (χ3v) is 6.02. The Bertz CT molecular complexity index is 1150. The average Bonchev–Trinajstić information content (AvgIpc) is 3.51. The molecule has 0 aliphatic carbocycles. The van der Waals surface area contributed by atoms with E-state index in [-0.39, 0.29) is 0 Å². The van der Waals surface area contributed by atoms with E-state index in [1.165, 1.54) is 11.1 Å². The maximum Gasteiger partial charge on any atom is 0.174 e. The van der Waals surface area contributed by atoms with Crippen LogP contribution in [-0.2, 0) is 12.8 Å². The number of carbonyl (C=O) groups is 2. The molecule has 2 aromatic heterocycles. The highest BCUT2D eigenvalue weighted by molar-refractivity contribution is 5.87. The first-order chi connectivity index (χ1) is 16.7. The zero-order valence-electron chi connectivity index (χ0n) is 19.7. The monoisotopic (exact) mass is 454 g/mol. The van der Waals surface area contributed by atoms with Crippen molar-refractivity contribution in [2.24, 2.45) is 0 Å². The van der Waals surface area contributed by atoms with E-state index in [1.807, 2.05) is 24.3 Å². The van der Waals surface area contributed by atoms with Crippen molar-refractivity contribution in [2.75, 3.05) is 0 Å². The molecule has 0 spiro atoms. The number of unbranched alkanes of at least 4 members (excludes halogenated alkanes) is 2. The number of aryl methyl sites for hydroxylation is 2. The Morgan fingerprint density at radius 1 is 0.647 bits per heavy atom. The summed E-state index contributed by atoms with van der Waals surface area (Å²) >= 11 is 0. The van der Waals surface area contributed by atoms with Crippen molar-refractivity contribution in [3.8, 4) is 34.2 Å². The predicted molar refractivity (Wildman–Crippen MR) is 135 cm³/mol. The number of nitrogens with one attached hydrogen (secondary N) is 2. The summed E-state index contributed by atoms with van der Waals surface area (Å²) in [6.07, 6.45) is 8.18. The molecule has 0 aliphatic rings. The molecule has 0 saturated heterocycles. The number of nitrogens with zero attached hydrogens (tertiary/aromatic N) is 2. The second-order valence-corrected chi connectivity index (χ2v) is 8.53. The third-order valence-electron chi connectivity index (χ3n) is 6.02. The van der Waals surface area contributed by atoms with E-state index in [0.717, 1.165) is 62.2 Å². The average molecular weight is 455 g/mol. The standard InChI is InChI=1S/C28H30N4O2/c1-3-5-7-19-9-13-21(14-10-19)25-23(17-33)29-27(31-25)28-30-24(18-34)26(32-28)22-15-11-20(12-16-22)8-6-4-2/h9-18H,3-8H2,1-2H3,(H,29,31)(H,30,32). The second-order valence-electron chi connectivity index (χ2n) is 8.53. The summed E-state index contributed by atoms with van der Waals surface area (Å²) in [4.78, 5) is 38.9. The smallest absolute Gasteiger partial charge is 0.174 e. The number of aromatic amines is 2. The van der Waals surface area contributed by atoms with E-state index in [4.69, 9.17) is 0 Å². The van der Waals surface area contributed by atoms with Gasteiger partial charge in [-0.2, -0.15) is 0 Å². The first kappa shape index (κ1) is 23.4. The zero-order chi connectivity index (χ0) is 23.9. The maximum absolute atomic E-state index is 11.8. The molecule has 2 N–H and O–H groups in total. The van der Waals surface area contributed by atoms with Gasteiger partial charge in [-0.25, -0.2) is 9.97 Å². The number of imidazole rings is 2. The minimum Gasteiger partial charge on any atom is -0.333 e. The summed E-state index contributed by atoms with van der Waals surface area (Å²) in [7, 11) is 0. The summed E-state index contributed by atoms with van der Waals surface area (Å²) < 4.78 is 0. The summed E-state index contributed by atoms with van der Waals surface area (Å²) in [6.45, 7) is 4.35. The van der Waals surface area contributed by atoms with Crippen molar-refractivity contribution >= 4 is 12.6 Å². The number of benzene rings is 2. The van der Waals surface area contributed by atoms with Crippen LogP contribution in [0.15, 0.2) is 48.5 Å². The molecule has 0 unspecified atom stereocenters. The van der Waals surface area contributed by atoms with E-state index >= 15 is 0 Å². The van der Waals surface area contributed by atoms with E-state index in [2.05, 4.69) is 58.0 Å². The van der Waals surface area contributed by atoms with Crippen LogP contribution in [0.2, 0.25) is 0 Å². The Morgan fingerprint density at radius 3 is 1.35 bits per heavy atom. The highest BCUT2D eigenvalue weighted by atomic mass is 16.1. The molecule has 174 valence electrons. The van der Waals surface area contributed by atoms with Crippen molar-refractivity contribution in [3.05, 3.63) is 71.0 Å². The molecule has 0 amide bonds. The molecule has 0 radical (unpaired) electrons. The molecule has 6 heteroatoms. The Balaban J connectivity index is 1.64. The van der Waals surface area contributed by atoms with Crippen LogP contribution in [0.25, 0.3) is 34.2 Å². The number of hydrogen-bond acceptors (Lipinski definition) is 4. The molecule has 2 aromatic carbocycles. The second kappa shape index (κ2) is 10.9. The van der Waals surface area contributed by atoms with Gasteiger partial charge >= 0.3 is 0 Å². The predicted octanol–water partition coefficient (Wildman–Crippen LogP) is 6.44. The van der Waals surface area contributed by atoms with E-state index in [9.17, 15) is 9.59 Å². The van der Waals surface area contributed by atoms with E-state index in [0.29, 0.717) is 34.4 Å². The molecule has 0 atom stereocenters. The van der Waals surface area contributed by atoms with Gasteiger partial charge in [0, 0.05) is 11.1 Å². The van der Waals surface area contributed by atoms with Crippen molar-refractivity contribution in [3.63, 3.8) is 0 Å². The van der Waals surface area contributed by atoms with Gasteiger partial charge in [0.1, 0.15) is 11.4 Å². The molecule has 0 bridgehead atoms.